The lowest BCUT2D eigenvalue weighted by molar-refractivity contribution is 0.901. The molecule has 0 saturated carbocycles. The Morgan fingerprint density at radius 2 is 1.86 bits per heavy atom. The van der Waals surface area contributed by atoms with Crippen molar-refractivity contribution < 1.29 is 0 Å². The van der Waals surface area contributed by atoms with Crippen LogP contribution in [0.2, 0.25) is 10.0 Å². The molecule has 1 aromatic heterocycles. The molecule has 0 aliphatic heterocycles. The van der Waals surface area contributed by atoms with Crippen LogP contribution in [0.15, 0.2) is 18.2 Å². The maximum Gasteiger partial charge on any atom is 0.135 e. The lowest BCUT2D eigenvalue weighted by Crippen LogP contribution is -2.10. The Morgan fingerprint density at radius 3 is 2.48 bits per heavy atom. The molecule has 1 heterocycles. The molecule has 1 N–H and O–H groups in total. The Kier molecular flexibility index (Phi) is 5.43. The molecule has 0 amide bonds. The lowest BCUT2D eigenvalue weighted by atomic mass is 10.1. The highest BCUT2D eigenvalue weighted by atomic mass is 35.5. The summed E-state index contributed by atoms with van der Waals surface area (Å²) >= 11 is 12.0. The van der Waals surface area contributed by atoms with E-state index >= 15 is 0 Å². The Hall–Kier alpha value is -1.32. The van der Waals surface area contributed by atoms with Gasteiger partial charge in [0, 0.05) is 24.2 Å². The highest BCUT2D eigenvalue weighted by molar-refractivity contribution is 6.42. The molecule has 21 heavy (non-hydrogen) atoms. The Bertz CT molecular complexity index is 642. The van der Waals surface area contributed by atoms with Gasteiger partial charge in [-0.1, -0.05) is 36.2 Å². The number of aryl methyl sites for hydroxylation is 1. The minimum Gasteiger partial charge on any atom is -0.370 e. The van der Waals surface area contributed by atoms with Gasteiger partial charge in [0.2, 0.25) is 0 Å². The van der Waals surface area contributed by atoms with Gasteiger partial charge in [-0.3, -0.25) is 0 Å². The van der Waals surface area contributed by atoms with Gasteiger partial charge >= 0.3 is 0 Å². The Balaban J connectivity index is 2.33. The molecule has 2 rings (SSSR count). The van der Waals surface area contributed by atoms with Crippen molar-refractivity contribution in [2.75, 3.05) is 11.9 Å². The molecule has 0 fully saturated rings. The second kappa shape index (κ2) is 7.10. The minimum absolute atomic E-state index is 0.558. The summed E-state index contributed by atoms with van der Waals surface area (Å²) in [6.07, 6.45) is 1.56. The van der Waals surface area contributed by atoms with Crippen LogP contribution in [0, 0.1) is 6.92 Å². The summed E-state index contributed by atoms with van der Waals surface area (Å²) in [4.78, 5) is 9.25. The molecule has 0 saturated heterocycles. The Morgan fingerprint density at radius 1 is 1.10 bits per heavy atom. The second-order valence-electron chi connectivity index (χ2n) is 4.86. The van der Waals surface area contributed by atoms with Crippen molar-refractivity contribution in [1.82, 2.24) is 9.97 Å². The number of hydrogen-bond acceptors (Lipinski definition) is 3. The molecule has 1 aromatic carbocycles. The van der Waals surface area contributed by atoms with Crippen molar-refractivity contribution in [2.45, 2.75) is 33.6 Å². The van der Waals surface area contributed by atoms with Gasteiger partial charge in [-0.25, -0.2) is 9.97 Å². The van der Waals surface area contributed by atoms with E-state index in [1.54, 1.807) is 6.07 Å². The van der Waals surface area contributed by atoms with Gasteiger partial charge in [-0.15, -0.1) is 0 Å². The van der Waals surface area contributed by atoms with Gasteiger partial charge in [0.25, 0.3) is 0 Å². The summed E-state index contributed by atoms with van der Waals surface area (Å²) in [5, 5.41) is 4.44. The number of benzene rings is 1. The lowest BCUT2D eigenvalue weighted by Gasteiger charge is -2.13. The van der Waals surface area contributed by atoms with E-state index in [1.807, 2.05) is 19.1 Å². The highest BCUT2D eigenvalue weighted by Gasteiger charge is 2.10. The van der Waals surface area contributed by atoms with Crippen LogP contribution in [-0.4, -0.2) is 16.5 Å². The second-order valence-corrected chi connectivity index (χ2v) is 5.68. The number of halogens is 2. The van der Waals surface area contributed by atoms with Crippen molar-refractivity contribution >= 4 is 29.0 Å². The number of anilines is 1. The number of nitrogens with zero attached hydrogens (tertiary/aromatic N) is 2. The zero-order valence-electron chi connectivity index (χ0n) is 12.5. The maximum atomic E-state index is 6.05. The molecule has 3 nitrogen and oxygen atoms in total. The molecule has 0 aliphatic carbocycles. The minimum atomic E-state index is 0.558. The Labute approximate surface area is 135 Å². The van der Waals surface area contributed by atoms with E-state index in [1.165, 1.54) is 5.56 Å². The normalized spacial score (nSPS) is 10.7. The summed E-state index contributed by atoms with van der Waals surface area (Å²) < 4.78 is 0. The third kappa shape index (κ3) is 3.86. The molecule has 0 unspecified atom stereocenters. The number of nitrogens with one attached hydrogen (secondary N) is 1. The zero-order chi connectivity index (χ0) is 15.4. The van der Waals surface area contributed by atoms with Crippen LogP contribution in [0.25, 0.3) is 0 Å². The fourth-order valence-corrected chi connectivity index (χ4v) is 2.62. The SMILES string of the molecule is CCNc1nc(Cc2ccc(Cl)c(Cl)c2)nc(C)c1CC. The van der Waals surface area contributed by atoms with Crippen molar-refractivity contribution in [2.24, 2.45) is 0 Å². The molecule has 112 valence electrons. The van der Waals surface area contributed by atoms with Crippen LogP contribution in [0.3, 0.4) is 0 Å². The van der Waals surface area contributed by atoms with E-state index in [9.17, 15) is 0 Å². The summed E-state index contributed by atoms with van der Waals surface area (Å²) in [7, 11) is 0. The van der Waals surface area contributed by atoms with Crippen LogP contribution >= 0.6 is 23.2 Å². The van der Waals surface area contributed by atoms with Crippen molar-refractivity contribution in [3.05, 3.63) is 50.9 Å². The predicted octanol–water partition coefficient (Wildman–Crippen LogP) is 4.68. The van der Waals surface area contributed by atoms with Crippen LogP contribution in [0.5, 0.6) is 0 Å². The smallest absolute Gasteiger partial charge is 0.135 e. The molecule has 0 bridgehead atoms. The van der Waals surface area contributed by atoms with E-state index in [-0.39, 0.29) is 0 Å². The van der Waals surface area contributed by atoms with E-state index < -0.39 is 0 Å². The summed E-state index contributed by atoms with van der Waals surface area (Å²) in [6.45, 7) is 7.05. The van der Waals surface area contributed by atoms with Crippen LogP contribution < -0.4 is 5.32 Å². The standard InChI is InChI=1S/C16H19Cl2N3/c1-4-12-10(3)20-15(21-16(12)19-5-2)9-11-6-7-13(17)14(18)8-11/h6-8H,4-5,9H2,1-3H3,(H,19,20,21). The average molecular weight is 324 g/mol. The average Bonchev–Trinajstić information content (AvgIpc) is 2.43. The van der Waals surface area contributed by atoms with E-state index in [0.717, 1.165) is 35.9 Å². The quantitative estimate of drug-likeness (QED) is 0.868. The third-order valence-corrected chi connectivity index (χ3v) is 4.04. The molecule has 0 spiro atoms. The molecule has 5 heteroatoms. The first-order valence-electron chi connectivity index (χ1n) is 7.09. The van der Waals surface area contributed by atoms with Crippen LogP contribution in [-0.2, 0) is 12.8 Å². The summed E-state index contributed by atoms with van der Waals surface area (Å²) in [5.74, 6) is 1.72. The van der Waals surface area contributed by atoms with Gasteiger partial charge < -0.3 is 5.32 Å². The fraction of sp³-hybridized carbons (Fsp3) is 0.375. The first kappa shape index (κ1) is 16.1. The van der Waals surface area contributed by atoms with Gasteiger partial charge in [0.15, 0.2) is 0 Å². The third-order valence-electron chi connectivity index (χ3n) is 3.30. The predicted molar refractivity (Wildman–Crippen MR) is 89.6 cm³/mol. The summed E-state index contributed by atoms with van der Waals surface area (Å²) in [6, 6.07) is 5.62. The fourth-order valence-electron chi connectivity index (χ4n) is 2.30. The topological polar surface area (TPSA) is 37.8 Å². The van der Waals surface area contributed by atoms with Gasteiger partial charge in [0.05, 0.1) is 10.0 Å². The molecule has 0 atom stereocenters. The van der Waals surface area contributed by atoms with Crippen LogP contribution in [0.1, 0.15) is 36.5 Å². The number of aromatic nitrogens is 2. The van der Waals surface area contributed by atoms with Crippen molar-refractivity contribution in [1.29, 1.82) is 0 Å². The van der Waals surface area contributed by atoms with E-state index in [0.29, 0.717) is 16.5 Å². The molecular formula is C16H19Cl2N3. The summed E-state index contributed by atoms with van der Waals surface area (Å²) in [5.41, 5.74) is 3.25. The van der Waals surface area contributed by atoms with E-state index in [2.05, 4.69) is 29.1 Å². The monoisotopic (exact) mass is 323 g/mol. The van der Waals surface area contributed by atoms with Gasteiger partial charge in [0.1, 0.15) is 11.6 Å². The number of hydrogen-bond donors (Lipinski definition) is 1. The van der Waals surface area contributed by atoms with Gasteiger partial charge in [-0.05, 0) is 38.0 Å². The van der Waals surface area contributed by atoms with Crippen molar-refractivity contribution in [3.63, 3.8) is 0 Å². The zero-order valence-corrected chi connectivity index (χ0v) is 14.0. The molecule has 0 radical (unpaired) electrons. The molecular weight excluding hydrogens is 305 g/mol. The van der Waals surface area contributed by atoms with Gasteiger partial charge in [-0.2, -0.15) is 0 Å². The first-order valence-corrected chi connectivity index (χ1v) is 7.84. The maximum absolute atomic E-state index is 6.05. The van der Waals surface area contributed by atoms with Crippen molar-refractivity contribution in [3.8, 4) is 0 Å². The van der Waals surface area contributed by atoms with E-state index in [4.69, 9.17) is 23.2 Å². The molecule has 2 aromatic rings. The first-order chi connectivity index (χ1) is 10.0. The molecule has 0 aliphatic rings. The largest absolute Gasteiger partial charge is 0.370 e. The van der Waals surface area contributed by atoms with Crippen LogP contribution in [0.4, 0.5) is 5.82 Å². The number of rotatable bonds is 5. The highest BCUT2D eigenvalue weighted by Crippen LogP contribution is 2.24.